The zero-order valence-electron chi connectivity index (χ0n) is 11.3. The van der Waals surface area contributed by atoms with Gasteiger partial charge < -0.3 is 9.30 Å². The van der Waals surface area contributed by atoms with Crippen LogP contribution >= 0.6 is 0 Å². The summed E-state index contributed by atoms with van der Waals surface area (Å²) in [6.07, 6.45) is 6.96. The number of nitro benzene ring substituents is 1. The number of hydrogen-bond acceptors (Lipinski definition) is 3. The van der Waals surface area contributed by atoms with Crippen molar-refractivity contribution >= 4 is 16.6 Å². The quantitative estimate of drug-likeness (QED) is 0.619. The molecule has 1 aromatic heterocycles. The number of fused-ring (bicyclic) bond motifs is 1. The van der Waals surface area contributed by atoms with Crippen LogP contribution < -0.4 is 0 Å². The molecule has 5 heteroatoms. The molecular formula is C15H18N2O3. The van der Waals surface area contributed by atoms with Crippen LogP contribution in [0.1, 0.15) is 25.7 Å². The number of ether oxygens (including phenoxy) is 1. The molecule has 2 heterocycles. The van der Waals surface area contributed by atoms with Gasteiger partial charge >= 0.3 is 0 Å². The van der Waals surface area contributed by atoms with E-state index in [1.54, 1.807) is 12.1 Å². The van der Waals surface area contributed by atoms with Crippen molar-refractivity contribution in [3.63, 3.8) is 0 Å². The fourth-order valence-corrected chi connectivity index (χ4v) is 2.86. The number of nitro groups is 1. The third-order valence-corrected chi connectivity index (χ3v) is 3.91. The number of nitrogens with zero attached hydrogens (tertiary/aromatic N) is 2. The predicted octanol–water partition coefficient (Wildman–Crippen LogP) is 3.51. The Labute approximate surface area is 117 Å². The zero-order chi connectivity index (χ0) is 13.9. The molecule has 1 aliphatic heterocycles. The molecule has 1 saturated heterocycles. The number of non-ortho nitro benzene ring substituents is 1. The van der Waals surface area contributed by atoms with E-state index in [-0.39, 0.29) is 10.6 Å². The van der Waals surface area contributed by atoms with Crippen molar-refractivity contribution in [1.29, 1.82) is 0 Å². The topological polar surface area (TPSA) is 57.3 Å². The summed E-state index contributed by atoms with van der Waals surface area (Å²) in [6, 6.07) is 6.97. The first kappa shape index (κ1) is 13.1. The maximum absolute atomic E-state index is 10.8. The monoisotopic (exact) mass is 274 g/mol. The second-order valence-corrected chi connectivity index (χ2v) is 5.29. The third-order valence-electron chi connectivity index (χ3n) is 3.91. The lowest BCUT2D eigenvalue weighted by atomic mass is 10.1. The van der Waals surface area contributed by atoms with Crippen LogP contribution in [0.3, 0.4) is 0 Å². The summed E-state index contributed by atoms with van der Waals surface area (Å²) in [5, 5.41) is 11.7. The maximum atomic E-state index is 10.8. The minimum absolute atomic E-state index is 0.148. The van der Waals surface area contributed by atoms with Crippen LogP contribution in [0, 0.1) is 10.1 Å². The molecule has 1 aliphatic rings. The molecule has 0 saturated carbocycles. The van der Waals surface area contributed by atoms with Crippen LogP contribution in [0.4, 0.5) is 5.69 Å². The Hall–Kier alpha value is -1.88. The Morgan fingerprint density at radius 1 is 1.40 bits per heavy atom. The SMILES string of the molecule is O=[N+]([O-])c1ccc2c(ccn2CCCC2CCCO2)c1. The summed E-state index contributed by atoms with van der Waals surface area (Å²) in [5.74, 6) is 0. The molecule has 106 valence electrons. The first-order valence-corrected chi connectivity index (χ1v) is 7.09. The molecule has 2 aromatic rings. The van der Waals surface area contributed by atoms with Crippen LogP contribution in [-0.2, 0) is 11.3 Å². The minimum atomic E-state index is -0.353. The van der Waals surface area contributed by atoms with Crippen LogP contribution in [0.25, 0.3) is 10.9 Å². The average molecular weight is 274 g/mol. The molecule has 0 aliphatic carbocycles. The summed E-state index contributed by atoms with van der Waals surface area (Å²) in [5.41, 5.74) is 1.21. The van der Waals surface area contributed by atoms with Crippen molar-refractivity contribution in [3.8, 4) is 0 Å². The Kier molecular flexibility index (Phi) is 3.69. The molecule has 0 bridgehead atoms. The lowest BCUT2D eigenvalue weighted by Crippen LogP contribution is -2.06. The summed E-state index contributed by atoms with van der Waals surface area (Å²) >= 11 is 0. The molecule has 0 spiro atoms. The number of aromatic nitrogens is 1. The second-order valence-electron chi connectivity index (χ2n) is 5.29. The highest BCUT2D eigenvalue weighted by Crippen LogP contribution is 2.23. The van der Waals surface area contributed by atoms with Crippen molar-refractivity contribution < 1.29 is 9.66 Å². The van der Waals surface area contributed by atoms with Gasteiger partial charge in [-0.3, -0.25) is 10.1 Å². The van der Waals surface area contributed by atoms with Gasteiger partial charge in [-0.15, -0.1) is 0 Å². The lowest BCUT2D eigenvalue weighted by Gasteiger charge is -2.10. The number of aryl methyl sites for hydroxylation is 1. The average Bonchev–Trinajstić information content (AvgIpc) is 3.08. The van der Waals surface area contributed by atoms with Gasteiger partial charge in [0.25, 0.3) is 5.69 Å². The molecule has 0 amide bonds. The van der Waals surface area contributed by atoms with Gasteiger partial charge in [-0.2, -0.15) is 0 Å². The number of hydrogen-bond donors (Lipinski definition) is 0. The molecule has 1 atom stereocenters. The second kappa shape index (κ2) is 5.63. The molecule has 1 unspecified atom stereocenters. The molecule has 0 radical (unpaired) electrons. The highest BCUT2D eigenvalue weighted by molar-refractivity contribution is 5.82. The van der Waals surface area contributed by atoms with Crippen LogP contribution in [-0.4, -0.2) is 22.2 Å². The largest absolute Gasteiger partial charge is 0.378 e. The first-order chi connectivity index (χ1) is 9.74. The molecule has 1 fully saturated rings. The van der Waals surface area contributed by atoms with Gasteiger partial charge in [0, 0.05) is 42.4 Å². The fraction of sp³-hybridized carbons (Fsp3) is 0.467. The van der Waals surface area contributed by atoms with Crippen LogP contribution in [0.2, 0.25) is 0 Å². The van der Waals surface area contributed by atoms with Gasteiger partial charge in [0.15, 0.2) is 0 Å². The Bertz CT molecular complexity index is 615. The minimum Gasteiger partial charge on any atom is -0.378 e. The number of benzene rings is 1. The van der Waals surface area contributed by atoms with Crippen molar-refractivity contribution in [2.45, 2.75) is 38.3 Å². The van der Waals surface area contributed by atoms with E-state index in [9.17, 15) is 10.1 Å². The van der Waals surface area contributed by atoms with Gasteiger partial charge in [-0.25, -0.2) is 0 Å². The maximum Gasteiger partial charge on any atom is 0.270 e. The van der Waals surface area contributed by atoms with Crippen molar-refractivity contribution in [2.75, 3.05) is 6.61 Å². The van der Waals surface area contributed by atoms with E-state index >= 15 is 0 Å². The standard InChI is InChI=1S/C15H18N2O3/c18-17(19)13-5-6-15-12(11-13)7-9-16(15)8-1-3-14-4-2-10-20-14/h5-7,9,11,14H,1-4,8,10H2. The molecule has 0 N–H and O–H groups in total. The van der Waals surface area contributed by atoms with Crippen molar-refractivity contribution in [2.24, 2.45) is 0 Å². The summed E-state index contributed by atoms with van der Waals surface area (Å²) < 4.78 is 7.78. The van der Waals surface area contributed by atoms with E-state index in [0.717, 1.165) is 36.9 Å². The predicted molar refractivity (Wildman–Crippen MR) is 76.8 cm³/mol. The highest BCUT2D eigenvalue weighted by Gasteiger charge is 2.15. The van der Waals surface area contributed by atoms with E-state index < -0.39 is 0 Å². The molecule has 20 heavy (non-hydrogen) atoms. The van der Waals surface area contributed by atoms with E-state index in [0.29, 0.717) is 6.10 Å². The van der Waals surface area contributed by atoms with E-state index in [4.69, 9.17) is 4.74 Å². The summed E-state index contributed by atoms with van der Waals surface area (Å²) in [7, 11) is 0. The van der Waals surface area contributed by atoms with Gasteiger partial charge in [0.05, 0.1) is 11.0 Å². The van der Waals surface area contributed by atoms with Crippen LogP contribution in [0.15, 0.2) is 30.5 Å². The lowest BCUT2D eigenvalue weighted by molar-refractivity contribution is -0.384. The zero-order valence-corrected chi connectivity index (χ0v) is 11.3. The van der Waals surface area contributed by atoms with Gasteiger partial charge in [0.1, 0.15) is 0 Å². The molecule has 3 rings (SSSR count). The van der Waals surface area contributed by atoms with Gasteiger partial charge in [-0.1, -0.05) is 0 Å². The Balaban J connectivity index is 1.67. The van der Waals surface area contributed by atoms with Gasteiger partial charge in [-0.05, 0) is 37.8 Å². The fourth-order valence-electron chi connectivity index (χ4n) is 2.86. The molecular weight excluding hydrogens is 256 g/mol. The van der Waals surface area contributed by atoms with Crippen LogP contribution in [0.5, 0.6) is 0 Å². The summed E-state index contributed by atoms with van der Waals surface area (Å²) in [4.78, 5) is 10.4. The van der Waals surface area contributed by atoms with Gasteiger partial charge in [0.2, 0.25) is 0 Å². The van der Waals surface area contributed by atoms with E-state index in [2.05, 4.69) is 4.57 Å². The molecule has 5 nitrogen and oxygen atoms in total. The normalized spacial score (nSPS) is 18.7. The van der Waals surface area contributed by atoms with Crippen molar-refractivity contribution in [1.82, 2.24) is 4.57 Å². The summed E-state index contributed by atoms with van der Waals surface area (Å²) in [6.45, 7) is 1.84. The third kappa shape index (κ3) is 2.67. The first-order valence-electron chi connectivity index (χ1n) is 7.09. The molecule has 1 aromatic carbocycles. The van der Waals surface area contributed by atoms with Crippen molar-refractivity contribution in [3.05, 3.63) is 40.6 Å². The highest BCUT2D eigenvalue weighted by atomic mass is 16.6. The van der Waals surface area contributed by atoms with E-state index in [1.807, 2.05) is 18.3 Å². The Morgan fingerprint density at radius 3 is 3.05 bits per heavy atom. The smallest absolute Gasteiger partial charge is 0.270 e. The number of rotatable bonds is 5. The van der Waals surface area contributed by atoms with E-state index in [1.165, 1.54) is 12.8 Å². The Morgan fingerprint density at radius 2 is 2.30 bits per heavy atom.